The standard InChI is InChI=1S/C8H8O3.C3H3NS/c1-11-8(10)6-2-4-7(9)5-3-6;1-2-5-3-4-1/h2-5,9H,1H3;1-3H. The highest BCUT2D eigenvalue weighted by molar-refractivity contribution is 7.07. The van der Waals surface area contributed by atoms with E-state index in [9.17, 15) is 4.79 Å². The fourth-order valence-electron chi connectivity index (χ4n) is 0.891. The molecule has 0 spiro atoms. The fraction of sp³-hybridized carbons (Fsp3) is 0.0909. The second-order valence-corrected chi connectivity index (χ2v) is 3.47. The van der Waals surface area contributed by atoms with E-state index < -0.39 is 5.97 Å². The molecule has 0 unspecified atom stereocenters. The number of ether oxygens (including phenoxy) is 1. The Bertz CT molecular complexity index is 394. The average molecular weight is 237 g/mol. The van der Waals surface area contributed by atoms with E-state index in [1.807, 2.05) is 5.38 Å². The summed E-state index contributed by atoms with van der Waals surface area (Å²) in [7, 11) is 1.31. The number of carbonyl (C=O) groups excluding carboxylic acids is 1. The van der Waals surface area contributed by atoms with Crippen LogP contribution in [0.15, 0.2) is 41.4 Å². The van der Waals surface area contributed by atoms with Gasteiger partial charge in [-0.3, -0.25) is 4.98 Å². The monoisotopic (exact) mass is 237 g/mol. The van der Waals surface area contributed by atoms with Gasteiger partial charge in [-0.1, -0.05) is 0 Å². The molecule has 4 nitrogen and oxygen atoms in total. The number of phenols is 1. The summed E-state index contributed by atoms with van der Waals surface area (Å²) >= 11 is 1.60. The molecule has 1 aromatic carbocycles. The van der Waals surface area contributed by atoms with Crippen LogP contribution in [-0.2, 0) is 4.74 Å². The van der Waals surface area contributed by atoms with Gasteiger partial charge in [0.25, 0.3) is 0 Å². The van der Waals surface area contributed by atoms with Crippen molar-refractivity contribution in [2.75, 3.05) is 7.11 Å². The maximum Gasteiger partial charge on any atom is 0.337 e. The van der Waals surface area contributed by atoms with Gasteiger partial charge in [0.1, 0.15) is 5.75 Å². The first-order valence-electron chi connectivity index (χ1n) is 4.43. The minimum Gasteiger partial charge on any atom is -0.508 e. The van der Waals surface area contributed by atoms with E-state index in [1.54, 1.807) is 23.0 Å². The highest BCUT2D eigenvalue weighted by Crippen LogP contribution is 2.09. The Morgan fingerprint density at radius 2 is 2.06 bits per heavy atom. The molecule has 16 heavy (non-hydrogen) atoms. The van der Waals surface area contributed by atoms with E-state index in [0.29, 0.717) is 5.56 Å². The van der Waals surface area contributed by atoms with E-state index in [4.69, 9.17) is 5.11 Å². The van der Waals surface area contributed by atoms with Crippen molar-refractivity contribution in [1.29, 1.82) is 0 Å². The lowest BCUT2D eigenvalue weighted by molar-refractivity contribution is 0.0600. The van der Waals surface area contributed by atoms with Crippen molar-refractivity contribution in [2.24, 2.45) is 0 Å². The normalized spacial score (nSPS) is 8.81. The molecule has 0 aliphatic rings. The molecule has 0 amide bonds. The number of nitrogens with zero attached hydrogens (tertiary/aromatic N) is 1. The molecule has 0 bridgehead atoms. The molecular formula is C11H11NO3S. The van der Waals surface area contributed by atoms with Crippen LogP contribution in [0.5, 0.6) is 5.75 Å². The third-order valence-electron chi connectivity index (χ3n) is 1.64. The Morgan fingerprint density at radius 3 is 2.44 bits per heavy atom. The first-order valence-corrected chi connectivity index (χ1v) is 5.38. The second kappa shape index (κ2) is 6.58. The minimum atomic E-state index is -0.398. The summed E-state index contributed by atoms with van der Waals surface area (Å²) in [6.45, 7) is 0. The SMILES string of the molecule is COC(=O)c1ccc(O)cc1.c1cscn1. The van der Waals surface area contributed by atoms with Crippen LogP contribution in [0, 0.1) is 0 Å². The highest BCUT2D eigenvalue weighted by atomic mass is 32.1. The van der Waals surface area contributed by atoms with Crippen LogP contribution < -0.4 is 0 Å². The molecule has 84 valence electrons. The summed E-state index contributed by atoms with van der Waals surface area (Å²) < 4.78 is 4.46. The predicted octanol–water partition coefficient (Wildman–Crippen LogP) is 2.32. The lowest BCUT2D eigenvalue weighted by Crippen LogP contribution is -1.99. The van der Waals surface area contributed by atoms with Crippen LogP contribution in [-0.4, -0.2) is 23.2 Å². The van der Waals surface area contributed by atoms with Crippen LogP contribution in [0.1, 0.15) is 10.4 Å². The smallest absolute Gasteiger partial charge is 0.337 e. The van der Waals surface area contributed by atoms with Gasteiger partial charge >= 0.3 is 5.97 Å². The van der Waals surface area contributed by atoms with E-state index in [2.05, 4.69) is 9.72 Å². The van der Waals surface area contributed by atoms with E-state index in [0.717, 1.165) is 0 Å². The van der Waals surface area contributed by atoms with Crippen LogP contribution in [0.3, 0.4) is 0 Å². The maximum absolute atomic E-state index is 10.8. The zero-order valence-corrected chi connectivity index (χ0v) is 9.48. The first-order chi connectivity index (χ1) is 7.74. The molecule has 2 aromatic rings. The molecule has 5 heteroatoms. The first kappa shape index (κ1) is 12.2. The van der Waals surface area contributed by atoms with Gasteiger partial charge in [-0.2, -0.15) is 0 Å². The second-order valence-electron chi connectivity index (χ2n) is 2.71. The van der Waals surface area contributed by atoms with Crippen molar-refractivity contribution in [3.05, 3.63) is 46.9 Å². The van der Waals surface area contributed by atoms with Crippen molar-refractivity contribution in [1.82, 2.24) is 4.98 Å². The van der Waals surface area contributed by atoms with Gasteiger partial charge in [0.15, 0.2) is 0 Å². The van der Waals surface area contributed by atoms with E-state index >= 15 is 0 Å². The number of hydrogen-bond acceptors (Lipinski definition) is 5. The van der Waals surface area contributed by atoms with Crippen molar-refractivity contribution in [3.8, 4) is 5.75 Å². The Hall–Kier alpha value is -1.88. The summed E-state index contributed by atoms with van der Waals surface area (Å²) in [4.78, 5) is 14.6. The maximum atomic E-state index is 10.8. The molecule has 0 atom stereocenters. The Morgan fingerprint density at radius 1 is 1.38 bits per heavy atom. The largest absolute Gasteiger partial charge is 0.508 e. The van der Waals surface area contributed by atoms with Gasteiger partial charge in [0, 0.05) is 11.6 Å². The lowest BCUT2D eigenvalue weighted by Gasteiger charge is -1.97. The number of aromatic nitrogens is 1. The molecule has 0 saturated carbocycles. The zero-order valence-electron chi connectivity index (χ0n) is 8.66. The summed E-state index contributed by atoms with van der Waals surface area (Å²) in [5.74, 6) is -0.261. The van der Waals surface area contributed by atoms with Crippen molar-refractivity contribution in [3.63, 3.8) is 0 Å². The number of hydrogen-bond donors (Lipinski definition) is 1. The van der Waals surface area contributed by atoms with Crippen LogP contribution in [0.2, 0.25) is 0 Å². The number of aromatic hydroxyl groups is 1. The third-order valence-corrected chi connectivity index (χ3v) is 2.16. The van der Waals surface area contributed by atoms with Crippen molar-refractivity contribution >= 4 is 17.3 Å². The number of benzene rings is 1. The van der Waals surface area contributed by atoms with Gasteiger partial charge in [0.05, 0.1) is 18.2 Å². The quantitative estimate of drug-likeness (QED) is 0.773. The third kappa shape index (κ3) is 4.10. The summed E-state index contributed by atoms with van der Waals surface area (Å²) in [5.41, 5.74) is 2.23. The molecule has 0 saturated heterocycles. The molecule has 1 N–H and O–H groups in total. The molecule has 0 radical (unpaired) electrons. The van der Waals surface area contributed by atoms with Crippen LogP contribution in [0.25, 0.3) is 0 Å². The lowest BCUT2D eigenvalue weighted by atomic mass is 10.2. The van der Waals surface area contributed by atoms with Crippen molar-refractivity contribution < 1.29 is 14.6 Å². The van der Waals surface area contributed by atoms with Gasteiger partial charge < -0.3 is 9.84 Å². The molecule has 0 aliphatic carbocycles. The number of thiazole rings is 1. The molecule has 2 rings (SSSR count). The number of esters is 1. The van der Waals surface area contributed by atoms with Gasteiger partial charge in [0.2, 0.25) is 0 Å². The average Bonchev–Trinajstić information content (AvgIpc) is 2.88. The van der Waals surface area contributed by atoms with Crippen LogP contribution >= 0.6 is 11.3 Å². The van der Waals surface area contributed by atoms with Crippen LogP contribution in [0.4, 0.5) is 0 Å². The molecule has 1 aromatic heterocycles. The number of carbonyl (C=O) groups is 1. The molecule has 0 aliphatic heterocycles. The fourth-order valence-corrected chi connectivity index (χ4v) is 1.24. The van der Waals surface area contributed by atoms with Gasteiger partial charge in [-0.15, -0.1) is 11.3 Å². The minimum absolute atomic E-state index is 0.137. The Labute approximate surface area is 97.2 Å². The van der Waals surface area contributed by atoms with Gasteiger partial charge in [-0.25, -0.2) is 4.79 Å². The summed E-state index contributed by atoms with van der Waals surface area (Å²) in [5, 5.41) is 10.8. The topological polar surface area (TPSA) is 59.4 Å². The highest BCUT2D eigenvalue weighted by Gasteiger charge is 2.02. The van der Waals surface area contributed by atoms with E-state index in [-0.39, 0.29) is 5.75 Å². The predicted molar refractivity (Wildman–Crippen MR) is 61.6 cm³/mol. The number of phenolic OH excluding ortho intramolecular Hbond substituents is 1. The van der Waals surface area contributed by atoms with E-state index in [1.165, 1.54) is 31.4 Å². The van der Waals surface area contributed by atoms with Gasteiger partial charge in [-0.05, 0) is 24.3 Å². The summed E-state index contributed by atoms with van der Waals surface area (Å²) in [6, 6.07) is 5.88. The number of methoxy groups -OCH3 is 1. The Balaban J connectivity index is 0.000000212. The molecule has 1 heterocycles. The molecular weight excluding hydrogens is 226 g/mol. The summed E-state index contributed by atoms with van der Waals surface area (Å²) in [6.07, 6.45) is 1.77. The molecule has 0 fully saturated rings. The Kier molecular flexibility index (Phi) is 5.01. The zero-order chi connectivity index (χ0) is 11.8. The van der Waals surface area contributed by atoms with Crippen molar-refractivity contribution in [2.45, 2.75) is 0 Å². The number of rotatable bonds is 1.